The van der Waals surface area contributed by atoms with Crippen LogP contribution in [0.5, 0.6) is 0 Å². The number of carbonyl (C=O) groups is 1. The third kappa shape index (κ3) is 2.19. The maximum Gasteiger partial charge on any atom is 0.240 e. The second kappa shape index (κ2) is 4.63. The summed E-state index contributed by atoms with van der Waals surface area (Å²) in [4.78, 5) is 15.7. The third-order valence-electron chi connectivity index (χ3n) is 2.42. The summed E-state index contributed by atoms with van der Waals surface area (Å²) in [5.41, 5.74) is 7.17. The third-order valence-corrected chi connectivity index (χ3v) is 2.73. The minimum Gasteiger partial charge on any atom is -0.369 e. The van der Waals surface area contributed by atoms with Crippen LogP contribution in [0.15, 0.2) is 18.2 Å². The highest BCUT2D eigenvalue weighted by Crippen LogP contribution is 2.25. The van der Waals surface area contributed by atoms with Crippen LogP contribution in [0.2, 0.25) is 5.02 Å². The smallest absolute Gasteiger partial charge is 0.240 e. The molecule has 1 aromatic carbocycles. The summed E-state index contributed by atoms with van der Waals surface area (Å²) in [6.07, 6.45) is 0. The topological polar surface area (TPSA) is 72.9 Å². The van der Waals surface area contributed by atoms with E-state index in [9.17, 15) is 4.79 Å². The van der Waals surface area contributed by atoms with Crippen LogP contribution in [-0.2, 0) is 11.3 Å². The number of para-hydroxylation sites is 1. The van der Waals surface area contributed by atoms with Gasteiger partial charge in [0.1, 0.15) is 6.54 Å². The number of benzene rings is 1. The van der Waals surface area contributed by atoms with E-state index in [-0.39, 0.29) is 12.5 Å². The summed E-state index contributed by atoms with van der Waals surface area (Å²) < 4.78 is 1.61. The van der Waals surface area contributed by atoms with Crippen LogP contribution in [0.3, 0.4) is 0 Å². The van der Waals surface area contributed by atoms with Crippen LogP contribution in [0, 0.1) is 0 Å². The number of nitrogens with zero attached hydrogens (tertiary/aromatic N) is 2. The average Bonchev–Trinajstić information content (AvgIpc) is 2.57. The van der Waals surface area contributed by atoms with Gasteiger partial charge < -0.3 is 11.1 Å². The zero-order valence-electron chi connectivity index (χ0n) is 9.40. The molecule has 1 heterocycles. The normalized spacial score (nSPS) is 10.7. The molecule has 2 rings (SSSR count). The minimum atomic E-state index is -0.113. The van der Waals surface area contributed by atoms with Gasteiger partial charge in [-0.1, -0.05) is 17.7 Å². The highest BCUT2D eigenvalue weighted by atomic mass is 35.5. The van der Waals surface area contributed by atoms with Gasteiger partial charge in [-0.2, -0.15) is 0 Å². The van der Waals surface area contributed by atoms with E-state index in [1.165, 1.54) is 0 Å². The Morgan fingerprint density at radius 1 is 1.59 bits per heavy atom. The van der Waals surface area contributed by atoms with E-state index in [2.05, 4.69) is 10.3 Å². The van der Waals surface area contributed by atoms with Crippen molar-refractivity contribution in [2.75, 3.05) is 12.3 Å². The molecule has 0 saturated carbocycles. The minimum absolute atomic E-state index is 0.113. The molecule has 0 fully saturated rings. The van der Waals surface area contributed by atoms with Crippen molar-refractivity contribution < 1.29 is 4.79 Å². The van der Waals surface area contributed by atoms with Crippen molar-refractivity contribution in [2.45, 2.75) is 13.5 Å². The number of anilines is 1. The standard InChI is InChI=1S/C11H13ClN4O/c1-2-14-9(17)6-16-10-7(12)4-3-5-8(10)15-11(16)13/h3-5H,2,6H2,1H3,(H2,13,15)(H,14,17). The van der Waals surface area contributed by atoms with Gasteiger partial charge in [-0.3, -0.25) is 9.36 Å². The van der Waals surface area contributed by atoms with Crippen LogP contribution in [0.25, 0.3) is 11.0 Å². The number of likely N-dealkylation sites (N-methyl/N-ethyl adjacent to an activating group) is 1. The Labute approximate surface area is 104 Å². The van der Waals surface area contributed by atoms with Crippen molar-refractivity contribution in [1.29, 1.82) is 0 Å². The molecule has 3 N–H and O–H groups in total. The molecule has 0 unspecified atom stereocenters. The number of nitrogens with one attached hydrogen (secondary N) is 1. The number of amides is 1. The van der Waals surface area contributed by atoms with Gasteiger partial charge in [0.05, 0.1) is 16.1 Å². The van der Waals surface area contributed by atoms with Crippen LogP contribution in [0.4, 0.5) is 5.95 Å². The summed E-state index contributed by atoms with van der Waals surface area (Å²) in [7, 11) is 0. The highest BCUT2D eigenvalue weighted by Gasteiger charge is 2.13. The maximum absolute atomic E-state index is 11.6. The predicted molar refractivity (Wildman–Crippen MR) is 67.8 cm³/mol. The first kappa shape index (κ1) is 11.7. The lowest BCUT2D eigenvalue weighted by Gasteiger charge is -2.07. The zero-order valence-corrected chi connectivity index (χ0v) is 10.2. The molecule has 0 spiro atoms. The van der Waals surface area contributed by atoms with Gasteiger partial charge in [-0.15, -0.1) is 0 Å². The fraction of sp³-hybridized carbons (Fsp3) is 0.273. The number of imidazole rings is 1. The Balaban J connectivity index is 2.45. The molecular weight excluding hydrogens is 240 g/mol. The van der Waals surface area contributed by atoms with E-state index >= 15 is 0 Å². The lowest BCUT2D eigenvalue weighted by Crippen LogP contribution is -2.27. The van der Waals surface area contributed by atoms with Gasteiger partial charge in [-0.05, 0) is 19.1 Å². The van der Waals surface area contributed by atoms with Crippen molar-refractivity contribution in [2.24, 2.45) is 0 Å². The number of carbonyl (C=O) groups excluding carboxylic acids is 1. The van der Waals surface area contributed by atoms with Gasteiger partial charge in [0.2, 0.25) is 11.9 Å². The Morgan fingerprint density at radius 3 is 3.06 bits per heavy atom. The Bertz CT molecular complexity index is 564. The molecule has 1 amide bonds. The zero-order chi connectivity index (χ0) is 12.4. The fourth-order valence-electron chi connectivity index (χ4n) is 1.72. The molecule has 5 nitrogen and oxygen atoms in total. The van der Waals surface area contributed by atoms with E-state index in [0.717, 1.165) is 0 Å². The molecule has 17 heavy (non-hydrogen) atoms. The molecule has 0 radical (unpaired) electrons. The fourth-order valence-corrected chi connectivity index (χ4v) is 1.99. The first-order valence-electron chi connectivity index (χ1n) is 5.30. The molecule has 0 atom stereocenters. The summed E-state index contributed by atoms with van der Waals surface area (Å²) >= 11 is 6.09. The summed E-state index contributed by atoms with van der Waals surface area (Å²) in [6, 6.07) is 5.36. The average molecular weight is 253 g/mol. The number of rotatable bonds is 3. The van der Waals surface area contributed by atoms with Gasteiger partial charge in [0.25, 0.3) is 0 Å². The predicted octanol–water partition coefficient (Wildman–Crippen LogP) is 1.41. The van der Waals surface area contributed by atoms with E-state index in [4.69, 9.17) is 17.3 Å². The number of nitrogens with two attached hydrogens (primary N) is 1. The van der Waals surface area contributed by atoms with Gasteiger partial charge in [0, 0.05) is 6.54 Å². The van der Waals surface area contributed by atoms with E-state index in [1.54, 1.807) is 16.7 Å². The number of fused-ring (bicyclic) bond motifs is 1. The quantitative estimate of drug-likeness (QED) is 0.868. The van der Waals surface area contributed by atoms with Crippen molar-refractivity contribution >= 4 is 34.5 Å². The molecule has 2 aromatic rings. The second-order valence-electron chi connectivity index (χ2n) is 3.62. The Hall–Kier alpha value is -1.75. The number of halogens is 1. The molecule has 0 aliphatic heterocycles. The Kier molecular flexibility index (Phi) is 3.19. The largest absolute Gasteiger partial charge is 0.369 e. The molecule has 0 aliphatic carbocycles. The molecule has 6 heteroatoms. The van der Waals surface area contributed by atoms with Crippen molar-refractivity contribution in [1.82, 2.24) is 14.9 Å². The Morgan fingerprint density at radius 2 is 2.35 bits per heavy atom. The monoisotopic (exact) mass is 252 g/mol. The SMILES string of the molecule is CCNC(=O)Cn1c(N)nc2cccc(Cl)c21. The van der Waals surface area contributed by atoms with Crippen LogP contribution >= 0.6 is 11.6 Å². The van der Waals surface area contributed by atoms with Gasteiger partial charge in [-0.25, -0.2) is 4.98 Å². The summed E-state index contributed by atoms with van der Waals surface area (Å²) in [5, 5.41) is 3.25. The van der Waals surface area contributed by atoms with Crippen molar-refractivity contribution in [3.8, 4) is 0 Å². The molecule has 90 valence electrons. The molecule has 0 saturated heterocycles. The van der Waals surface area contributed by atoms with Crippen molar-refractivity contribution in [3.05, 3.63) is 23.2 Å². The number of hydrogen-bond acceptors (Lipinski definition) is 3. The van der Waals surface area contributed by atoms with E-state index in [0.29, 0.717) is 28.5 Å². The van der Waals surface area contributed by atoms with Gasteiger partial charge in [0.15, 0.2) is 0 Å². The lowest BCUT2D eigenvalue weighted by molar-refractivity contribution is -0.121. The molecular formula is C11H13ClN4O. The number of nitrogen functional groups attached to an aromatic ring is 1. The highest BCUT2D eigenvalue weighted by molar-refractivity contribution is 6.35. The number of hydrogen-bond donors (Lipinski definition) is 2. The molecule has 1 aromatic heterocycles. The molecule has 0 bridgehead atoms. The first-order chi connectivity index (χ1) is 8.13. The van der Waals surface area contributed by atoms with Crippen LogP contribution in [0.1, 0.15) is 6.92 Å². The van der Waals surface area contributed by atoms with E-state index in [1.807, 2.05) is 13.0 Å². The maximum atomic E-state index is 11.6. The number of aromatic nitrogens is 2. The first-order valence-corrected chi connectivity index (χ1v) is 5.68. The summed E-state index contributed by atoms with van der Waals surface area (Å²) in [5.74, 6) is 0.178. The van der Waals surface area contributed by atoms with E-state index < -0.39 is 0 Å². The van der Waals surface area contributed by atoms with Crippen LogP contribution in [-0.4, -0.2) is 22.0 Å². The molecule has 0 aliphatic rings. The van der Waals surface area contributed by atoms with Gasteiger partial charge >= 0.3 is 0 Å². The summed E-state index contributed by atoms with van der Waals surface area (Å²) in [6.45, 7) is 2.57. The lowest BCUT2D eigenvalue weighted by atomic mass is 10.3. The van der Waals surface area contributed by atoms with Crippen molar-refractivity contribution in [3.63, 3.8) is 0 Å². The second-order valence-corrected chi connectivity index (χ2v) is 4.02. The van der Waals surface area contributed by atoms with Crippen LogP contribution < -0.4 is 11.1 Å².